The summed E-state index contributed by atoms with van der Waals surface area (Å²) >= 11 is 5.01. The van der Waals surface area contributed by atoms with Crippen LogP contribution in [0.15, 0.2) is 34.1 Å². The second-order valence-electron chi connectivity index (χ2n) is 3.36. The molecule has 15 heavy (non-hydrogen) atoms. The van der Waals surface area contributed by atoms with Gasteiger partial charge in [-0.3, -0.25) is 0 Å². The Kier molecular flexibility index (Phi) is 3.19. The van der Waals surface area contributed by atoms with Gasteiger partial charge in [-0.15, -0.1) is 11.3 Å². The molecule has 1 atom stereocenters. The molecule has 0 bridgehead atoms. The SMILES string of the molecule is Cc1csc([C@@H](N)c2ccc(Br)cc2)n1. The minimum absolute atomic E-state index is 0.114. The van der Waals surface area contributed by atoms with Gasteiger partial charge in [0.15, 0.2) is 0 Å². The molecule has 1 aromatic heterocycles. The first-order chi connectivity index (χ1) is 7.16. The Balaban J connectivity index is 2.28. The maximum absolute atomic E-state index is 6.11. The molecule has 0 amide bonds. The van der Waals surface area contributed by atoms with Gasteiger partial charge in [0.05, 0.1) is 6.04 Å². The van der Waals surface area contributed by atoms with Crippen LogP contribution < -0.4 is 5.73 Å². The van der Waals surface area contributed by atoms with Gasteiger partial charge in [-0.2, -0.15) is 0 Å². The Morgan fingerprint density at radius 1 is 1.33 bits per heavy atom. The van der Waals surface area contributed by atoms with Gasteiger partial charge in [0.2, 0.25) is 0 Å². The smallest absolute Gasteiger partial charge is 0.114 e. The molecule has 0 radical (unpaired) electrons. The number of hydrogen-bond donors (Lipinski definition) is 1. The fourth-order valence-electron chi connectivity index (χ4n) is 1.33. The summed E-state index contributed by atoms with van der Waals surface area (Å²) in [7, 11) is 0. The Labute approximate surface area is 101 Å². The molecule has 0 unspecified atom stereocenters. The summed E-state index contributed by atoms with van der Waals surface area (Å²) in [5.41, 5.74) is 8.23. The summed E-state index contributed by atoms with van der Waals surface area (Å²) in [6, 6.07) is 7.92. The lowest BCUT2D eigenvalue weighted by Gasteiger charge is -2.08. The number of nitrogens with zero attached hydrogens (tertiary/aromatic N) is 1. The summed E-state index contributed by atoms with van der Waals surface area (Å²) in [5, 5.41) is 2.99. The molecule has 0 aliphatic carbocycles. The largest absolute Gasteiger partial charge is 0.318 e. The average Bonchev–Trinajstić information content (AvgIpc) is 2.65. The van der Waals surface area contributed by atoms with Crippen molar-refractivity contribution in [3.63, 3.8) is 0 Å². The number of nitrogens with two attached hydrogens (primary N) is 1. The van der Waals surface area contributed by atoms with E-state index in [9.17, 15) is 0 Å². The molecule has 0 aliphatic rings. The van der Waals surface area contributed by atoms with E-state index < -0.39 is 0 Å². The number of halogens is 1. The lowest BCUT2D eigenvalue weighted by atomic mass is 10.1. The van der Waals surface area contributed by atoms with Crippen LogP contribution in [0, 0.1) is 6.92 Å². The molecule has 4 heteroatoms. The quantitative estimate of drug-likeness (QED) is 0.918. The molecule has 2 N–H and O–H groups in total. The molecule has 0 saturated heterocycles. The lowest BCUT2D eigenvalue weighted by molar-refractivity contribution is 0.852. The summed E-state index contributed by atoms with van der Waals surface area (Å²) in [6.07, 6.45) is 0. The van der Waals surface area contributed by atoms with E-state index in [1.165, 1.54) is 0 Å². The van der Waals surface area contributed by atoms with Gasteiger partial charge in [-0.1, -0.05) is 28.1 Å². The monoisotopic (exact) mass is 282 g/mol. The van der Waals surface area contributed by atoms with Crippen LogP contribution in [0.3, 0.4) is 0 Å². The zero-order chi connectivity index (χ0) is 10.8. The molecule has 1 aromatic carbocycles. The first kappa shape index (κ1) is 10.8. The molecule has 2 aromatic rings. The molecule has 1 heterocycles. The number of hydrogen-bond acceptors (Lipinski definition) is 3. The van der Waals surface area contributed by atoms with Crippen molar-refractivity contribution >= 4 is 27.3 Å². The molecule has 0 spiro atoms. The molecule has 2 nitrogen and oxygen atoms in total. The van der Waals surface area contributed by atoms with Crippen LogP contribution in [-0.4, -0.2) is 4.98 Å². The van der Waals surface area contributed by atoms with Crippen molar-refractivity contribution in [2.24, 2.45) is 5.73 Å². The Morgan fingerprint density at radius 3 is 2.53 bits per heavy atom. The van der Waals surface area contributed by atoms with Crippen molar-refractivity contribution in [2.75, 3.05) is 0 Å². The third-order valence-corrected chi connectivity index (χ3v) is 3.71. The van der Waals surface area contributed by atoms with Crippen molar-refractivity contribution < 1.29 is 0 Å². The fourth-order valence-corrected chi connectivity index (χ4v) is 2.42. The zero-order valence-electron chi connectivity index (χ0n) is 8.27. The van der Waals surface area contributed by atoms with Gasteiger partial charge in [0, 0.05) is 15.5 Å². The Morgan fingerprint density at radius 2 is 2.00 bits per heavy atom. The molecule has 0 fully saturated rings. The van der Waals surface area contributed by atoms with E-state index in [0.29, 0.717) is 0 Å². The first-order valence-corrected chi connectivity index (χ1v) is 6.27. The molecule has 0 saturated carbocycles. The minimum Gasteiger partial charge on any atom is -0.318 e. The predicted octanol–water partition coefficient (Wildman–Crippen LogP) is 3.26. The highest BCUT2D eigenvalue weighted by atomic mass is 79.9. The lowest BCUT2D eigenvalue weighted by Crippen LogP contribution is -2.11. The van der Waals surface area contributed by atoms with Crippen molar-refractivity contribution in [1.82, 2.24) is 4.98 Å². The van der Waals surface area contributed by atoms with Gasteiger partial charge < -0.3 is 5.73 Å². The number of benzene rings is 1. The second-order valence-corrected chi connectivity index (χ2v) is 5.16. The van der Waals surface area contributed by atoms with Crippen molar-refractivity contribution in [3.8, 4) is 0 Å². The molecule has 78 valence electrons. The molecular formula is C11H11BrN2S. The van der Waals surface area contributed by atoms with Crippen molar-refractivity contribution in [3.05, 3.63) is 50.4 Å². The number of thiazole rings is 1. The van der Waals surface area contributed by atoms with Gasteiger partial charge in [-0.05, 0) is 24.6 Å². The van der Waals surface area contributed by atoms with Crippen LogP contribution in [-0.2, 0) is 0 Å². The van der Waals surface area contributed by atoms with E-state index in [0.717, 1.165) is 20.7 Å². The van der Waals surface area contributed by atoms with Gasteiger partial charge >= 0.3 is 0 Å². The highest BCUT2D eigenvalue weighted by Gasteiger charge is 2.11. The predicted molar refractivity (Wildman–Crippen MR) is 67.0 cm³/mol. The molecule has 0 aliphatic heterocycles. The van der Waals surface area contributed by atoms with Crippen LogP contribution in [0.2, 0.25) is 0 Å². The maximum Gasteiger partial charge on any atom is 0.114 e. The highest BCUT2D eigenvalue weighted by Crippen LogP contribution is 2.23. The van der Waals surface area contributed by atoms with E-state index in [2.05, 4.69) is 20.9 Å². The first-order valence-electron chi connectivity index (χ1n) is 4.60. The summed E-state index contributed by atoms with van der Waals surface area (Å²) < 4.78 is 1.06. The van der Waals surface area contributed by atoms with Crippen LogP contribution >= 0.6 is 27.3 Å². The third kappa shape index (κ3) is 2.45. The van der Waals surface area contributed by atoms with Crippen LogP contribution in [0.5, 0.6) is 0 Å². The standard InChI is InChI=1S/C11H11BrN2S/c1-7-6-15-11(14-7)10(13)8-2-4-9(12)5-3-8/h2-6,10H,13H2,1H3/t10-/m0/s1. The van der Waals surface area contributed by atoms with Gasteiger partial charge in [0.1, 0.15) is 5.01 Å². The maximum atomic E-state index is 6.11. The third-order valence-electron chi connectivity index (χ3n) is 2.13. The zero-order valence-corrected chi connectivity index (χ0v) is 10.7. The Hall–Kier alpha value is -0.710. The van der Waals surface area contributed by atoms with Crippen molar-refractivity contribution in [2.45, 2.75) is 13.0 Å². The number of aromatic nitrogens is 1. The average molecular weight is 283 g/mol. The summed E-state index contributed by atoms with van der Waals surface area (Å²) in [5.74, 6) is 0. The second kappa shape index (κ2) is 4.43. The topological polar surface area (TPSA) is 38.9 Å². The fraction of sp³-hybridized carbons (Fsp3) is 0.182. The summed E-state index contributed by atoms with van der Waals surface area (Å²) in [4.78, 5) is 4.39. The minimum atomic E-state index is -0.114. The van der Waals surface area contributed by atoms with Crippen LogP contribution in [0.25, 0.3) is 0 Å². The summed E-state index contributed by atoms with van der Waals surface area (Å²) in [6.45, 7) is 1.98. The van der Waals surface area contributed by atoms with Crippen molar-refractivity contribution in [1.29, 1.82) is 0 Å². The van der Waals surface area contributed by atoms with E-state index >= 15 is 0 Å². The molecule has 2 rings (SSSR count). The van der Waals surface area contributed by atoms with Gasteiger partial charge in [0.25, 0.3) is 0 Å². The van der Waals surface area contributed by atoms with Crippen LogP contribution in [0.1, 0.15) is 22.3 Å². The normalized spacial score (nSPS) is 12.7. The number of aryl methyl sites for hydroxylation is 1. The Bertz CT molecular complexity index is 450. The van der Waals surface area contributed by atoms with E-state index in [-0.39, 0.29) is 6.04 Å². The van der Waals surface area contributed by atoms with Crippen LogP contribution in [0.4, 0.5) is 0 Å². The van der Waals surface area contributed by atoms with E-state index in [1.54, 1.807) is 11.3 Å². The van der Waals surface area contributed by atoms with E-state index in [1.807, 2.05) is 36.6 Å². The van der Waals surface area contributed by atoms with E-state index in [4.69, 9.17) is 5.73 Å². The number of rotatable bonds is 2. The molecular weight excluding hydrogens is 272 g/mol. The highest BCUT2D eigenvalue weighted by molar-refractivity contribution is 9.10. The van der Waals surface area contributed by atoms with Gasteiger partial charge in [-0.25, -0.2) is 4.98 Å².